The molecule has 0 amide bonds. The summed E-state index contributed by atoms with van der Waals surface area (Å²) in [5.41, 5.74) is 3.99. The molecular formula is C17H24N2O2S2. The molecule has 23 heavy (non-hydrogen) atoms. The Morgan fingerprint density at radius 2 is 1.78 bits per heavy atom. The van der Waals surface area contributed by atoms with Gasteiger partial charge < -0.3 is 4.90 Å². The zero-order valence-corrected chi connectivity index (χ0v) is 15.9. The summed E-state index contributed by atoms with van der Waals surface area (Å²) < 4.78 is 28.1. The van der Waals surface area contributed by atoms with Crippen LogP contribution in [0.5, 0.6) is 0 Å². The van der Waals surface area contributed by atoms with Crippen molar-refractivity contribution in [1.29, 1.82) is 0 Å². The lowest BCUT2D eigenvalue weighted by Crippen LogP contribution is -2.34. The van der Waals surface area contributed by atoms with Gasteiger partial charge in [0.05, 0.1) is 4.90 Å². The first-order valence-electron chi connectivity index (χ1n) is 7.48. The summed E-state index contributed by atoms with van der Waals surface area (Å²) >= 11 is 1.62. The average Bonchev–Trinajstić information content (AvgIpc) is 2.96. The van der Waals surface area contributed by atoms with Crippen molar-refractivity contribution in [2.75, 3.05) is 20.6 Å². The van der Waals surface area contributed by atoms with Crippen molar-refractivity contribution in [3.63, 3.8) is 0 Å². The minimum atomic E-state index is -3.52. The number of hydrogen-bond acceptors (Lipinski definition) is 4. The molecule has 0 aliphatic heterocycles. The first kappa shape index (κ1) is 18.1. The highest BCUT2D eigenvalue weighted by Crippen LogP contribution is 2.23. The van der Waals surface area contributed by atoms with Gasteiger partial charge in [0.2, 0.25) is 10.0 Å². The summed E-state index contributed by atoms with van der Waals surface area (Å²) in [5, 5.41) is 4.06. The van der Waals surface area contributed by atoms with Crippen LogP contribution in [-0.2, 0) is 10.0 Å². The molecule has 0 bridgehead atoms. The second-order valence-corrected chi connectivity index (χ2v) is 8.61. The molecule has 0 fully saturated rings. The van der Waals surface area contributed by atoms with Gasteiger partial charge in [0.15, 0.2) is 0 Å². The van der Waals surface area contributed by atoms with Crippen molar-refractivity contribution in [2.24, 2.45) is 0 Å². The molecule has 1 aromatic carbocycles. The minimum Gasteiger partial charge on any atom is -0.301 e. The molecular weight excluding hydrogens is 328 g/mol. The van der Waals surface area contributed by atoms with Crippen LogP contribution in [0.25, 0.3) is 0 Å². The van der Waals surface area contributed by atoms with E-state index in [4.69, 9.17) is 0 Å². The number of nitrogens with zero attached hydrogens (tertiary/aromatic N) is 1. The minimum absolute atomic E-state index is 0.0166. The summed E-state index contributed by atoms with van der Waals surface area (Å²) in [6.07, 6.45) is 0. The van der Waals surface area contributed by atoms with Crippen molar-refractivity contribution in [1.82, 2.24) is 9.62 Å². The first-order chi connectivity index (χ1) is 10.7. The van der Waals surface area contributed by atoms with Crippen LogP contribution in [0, 0.1) is 20.8 Å². The highest BCUT2D eigenvalue weighted by atomic mass is 32.2. The van der Waals surface area contributed by atoms with E-state index < -0.39 is 10.0 Å². The Kier molecular flexibility index (Phi) is 5.62. The number of aryl methyl sites for hydroxylation is 3. The number of thiophene rings is 1. The van der Waals surface area contributed by atoms with Crippen LogP contribution in [0.4, 0.5) is 0 Å². The van der Waals surface area contributed by atoms with E-state index in [1.54, 1.807) is 17.4 Å². The molecule has 1 unspecified atom stereocenters. The van der Waals surface area contributed by atoms with Crippen molar-refractivity contribution in [3.05, 3.63) is 51.2 Å². The van der Waals surface area contributed by atoms with Crippen molar-refractivity contribution in [2.45, 2.75) is 31.7 Å². The first-order valence-corrected chi connectivity index (χ1v) is 9.91. The highest BCUT2D eigenvalue weighted by Gasteiger charge is 2.21. The predicted octanol–water partition coefficient (Wildman–Crippen LogP) is 3.25. The SMILES string of the molecule is Cc1cc(C)c(S(=O)(=O)NCC(c2ccsc2)N(C)C)cc1C. The number of sulfonamides is 1. The molecule has 1 heterocycles. The lowest BCUT2D eigenvalue weighted by Gasteiger charge is -2.24. The van der Waals surface area contributed by atoms with Gasteiger partial charge in [-0.05, 0) is 80.0 Å². The van der Waals surface area contributed by atoms with Crippen LogP contribution in [0.3, 0.4) is 0 Å². The Balaban J connectivity index is 2.23. The maximum Gasteiger partial charge on any atom is 0.240 e. The molecule has 2 aromatic rings. The average molecular weight is 353 g/mol. The summed E-state index contributed by atoms with van der Waals surface area (Å²) in [7, 11) is 0.389. The van der Waals surface area contributed by atoms with E-state index in [-0.39, 0.29) is 6.04 Å². The third-order valence-electron chi connectivity index (χ3n) is 4.10. The molecule has 0 saturated heterocycles. The number of likely N-dealkylation sites (N-methyl/N-ethyl adjacent to an activating group) is 1. The number of nitrogens with one attached hydrogen (secondary N) is 1. The largest absolute Gasteiger partial charge is 0.301 e. The van der Waals surface area contributed by atoms with Gasteiger partial charge in [0, 0.05) is 12.6 Å². The smallest absolute Gasteiger partial charge is 0.240 e. The van der Waals surface area contributed by atoms with Gasteiger partial charge in [-0.15, -0.1) is 0 Å². The van der Waals surface area contributed by atoms with Crippen LogP contribution in [0.15, 0.2) is 33.9 Å². The van der Waals surface area contributed by atoms with Crippen LogP contribution in [0.2, 0.25) is 0 Å². The zero-order chi connectivity index (χ0) is 17.2. The van der Waals surface area contributed by atoms with Crippen LogP contribution < -0.4 is 4.72 Å². The zero-order valence-electron chi connectivity index (χ0n) is 14.3. The van der Waals surface area contributed by atoms with E-state index in [9.17, 15) is 8.42 Å². The highest BCUT2D eigenvalue weighted by molar-refractivity contribution is 7.89. The molecule has 0 saturated carbocycles. The maximum atomic E-state index is 12.7. The van der Waals surface area contributed by atoms with Gasteiger partial charge >= 0.3 is 0 Å². The Morgan fingerprint density at radius 1 is 1.13 bits per heavy atom. The Morgan fingerprint density at radius 3 is 2.35 bits per heavy atom. The molecule has 0 spiro atoms. The van der Waals surface area contributed by atoms with Gasteiger partial charge in [-0.3, -0.25) is 0 Å². The molecule has 6 heteroatoms. The monoisotopic (exact) mass is 352 g/mol. The molecule has 0 aliphatic rings. The molecule has 0 radical (unpaired) electrons. The quantitative estimate of drug-likeness (QED) is 0.868. The van der Waals surface area contributed by atoms with Crippen molar-refractivity contribution < 1.29 is 8.42 Å². The maximum absolute atomic E-state index is 12.7. The second-order valence-electron chi connectivity index (χ2n) is 6.09. The summed E-state index contributed by atoms with van der Waals surface area (Å²) in [4.78, 5) is 2.39. The van der Waals surface area contributed by atoms with Gasteiger partial charge in [0.25, 0.3) is 0 Å². The third-order valence-corrected chi connectivity index (χ3v) is 6.37. The second kappa shape index (κ2) is 7.13. The third kappa shape index (κ3) is 4.20. The van der Waals surface area contributed by atoms with Crippen molar-refractivity contribution >= 4 is 21.4 Å². The lowest BCUT2D eigenvalue weighted by molar-refractivity contribution is 0.300. The molecule has 1 aromatic heterocycles. The summed E-state index contributed by atoms with van der Waals surface area (Å²) in [5.74, 6) is 0. The molecule has 126 valence electrons. The van der Waals surface area contributed by atoms with Gasteiger partial charge in [-0.1, -0.05) is 6.07 Å². The van der Waals surface area contributed by atoms with E-state index in [0.717, 1.165) is 22.3 Å². The number of rotatable bonds is 6. The Labute approximate surface area is 143 Å². The van der Waals surface area contributed by atoms with E-state index in [0.29, 0.717) is 11.4 Å². The van der Waals surface area contributed by atoms with E-state index in [1.807, 2.05) is 57.3 Å². The van der Waals surface area contributed by atoms with Gasteiger partial charge in [0.1, 0.15) is 0 Å². The van der Waals surface area contributed by atoms with E-state index >= 15 is 0 Å². The fourth-order valence-electron chi connectivity index (χ4n) is 2.55. The standard InChI is InChI=1S/C17H24N2O2S2/c1-12-8-14(3)17(9-13(12)2)23(20,21)18-10-16(19(4)5)15-6-7-22-11-15/h6-9,11,16,18H,10H2,1-5H3. The van der Waals surface area contributed by atoms with E-state index in [1.165, 1.54) is 0 Å². The van der Waals surface area contributed by atoms with Crippen LogP contribution in [-0.4, -0.2) is 34.0 Å². The molecule has 4 nitrogen and oxygen atoms in total. The Hall–Kier alpha value is -1.21. The molecule has 0 aliphatic carbocycles. The van der Waals surface area contributed by atoms with Gasteiger partial charge in [-0.25, -0.2) is 13.1 Å². The fraction of sp³-hybridized carbons (Fsp3) is 0.412. The topological polar surface area (TPSA) is 49.4 Å². The number of benzene rings is 1. The molecule has 1 atom stereocenters. The Bertz CT molecular complexity index is 766. The number of hydrogen-bond donors (Lipinski definition) is 1. The van der Waals surface area contributed by atoms with Crippen LogP contribution in [0.1, 0.15) is 28.3 Å². The van der Waals surface area contributed by atoms with E-state index in [2.05, 4.69) is 10.1 Å². The predicted molar refractivity (Wildman–Crippen MR) is 96.6 cm³/mol. The van der Waals surface area contributed by atoms with Crippen molar-refractivity contribution in [3.8, 4) is 0 Å². The fourth-order valence-corrected chi connectivity index (χ4v) is 4.61. The molecule has 1 N–H and O–H groups in total. The van der Waals surface area contributed by atoms with Gasteiger partial charge in [-0.2, -0.15) is 11.3 Å². The normalized spacial score (nSPS) is 13.5. The lowest BCUT2D eigenvalue weighted by atomic mass is 10.1. The summed E-state index contributed by atoms with van der Waals surface area (Å²) in [6, 6.07) is 5.72. The van der Waals surface area contributed by atoms with Crippen LogP contribution >= 0.6 is 11.3 Å². The summed E-state index contributed by atoms with van der Waals surface area (Å²) in [6.45, 7) is 6.11. The molecule has 2 rings (SSSR count).